The van der Waals surface area contributed by atoms with Crippen molar-refractivity contribution in [1.29, 1.82) is 0 Å². The zero-order valence-electron chi connectivity index (χ0n) is 40.6. The SMILES string of the molecule is CC(C)C[C@H](NC(=O)[C@H](Cc1ccccc1)NC(=O)[C@@H](NC(=O)[C@H](Cc1cnc[nH]1)NC(=O)[C@H](CCC(N)=O)NC(=O)[C@@H](N)Cc1ccc(O)cc1)C(C)C)C(=O)N[C@@H](CCC(=O)O)C(=O)SCCC(=O)O. The summed E-state index contributed by atoms with van der Waals surface area (Å²) in [5.74, 6) is -9.11. The Kier molecular flexibility index (Phi) is 24.4. The third-order valence-electron chi connectivity index (χ3n) is 11.0. The number of nitrogens with one attached hydrogen (secondary N) is 7. The van der Waals surface area contributed by atoms with Crippen LogP contribution in [0.15, 0.2) is 67.1 Å². The highest BCUT2D eigenvalue weighted by atomic mass is 32.2. The Labute approximate surface area is 420 Å². The molecule has 23 nitrogen and oxygen atoms in total. The van der Waals surface area contributed by atoms with Crippen LogP contribution in [0.5, 0.6) is 5.75 Å². The molecule has 7 amide bonds. The van der Waals surface area contributed by atoms with Crippen molar-refractivity contribution in [3.05, 3.63) is 83.9 Å². The molecule has 3 rings (SSSR count). The molecule has 0 unspecified atom stereocenters. The van der Waals surface area contributed by atoms with Crippen LogP contribution in [-0.2, 0) is 67.2 Å². The lowest BCUT2D eigenvalue weighted by atomic mass is 9.99. The summed E-state index contributed by atoms with van der Waals surface area (Å²) in [7, 11) is 0. The summed E-state index contributed by atoms with van der Waals surface area (Å²) in [6.45, 7) is 6.80. The van der Waals surface area contributed by atoms with E-state index in [0.29, 0.717) is 28.6 Å². The van der Waals surface area contributed by atoms with Gasteiger partial charge in [-0.3, -0.25) is 47.9 Å². The van der Waals surface area contributed by atoms with Crippen molar-refractivity contribution in [3.8, 4) is 5.75 Å². The zero-order valence-corrected chi connectivity index (χ0v) is 41.4. The molecule has 0 spiro atoms. The standard InChI is InChI=1S/C48H66N10O13S/c1-26(2)20-35(44(67)54-34(15-17-39(61)62)48(71)72-19-18-40(63)64)55-45(68)36(22-28-8-6-5-7-9-28)57-47(70)41(27(3)4)58-46(69)37(23-30-24-51-25-52-30)56-43(66)33(14-16-38(50)60)53-42(65)32(49)21-29-10-12-31(59)13-11-29/h5-13,24-27,32-37,41,59H,14-23,49H2,1-4H3,(H2,50,60)(H,51,52)(H,53,65)(H,54,67)(H,55,68)(H,56,66)(H,57,70)(H,58,69)(H,61,62)(H,63,64)/t32-,33-,34-,35-,36-,37-,41-/m0/s1. The van der Waals surface area contributed by atoms with Crippen molar-refractivity contribution < 1.29 is 63.3 Å². The smallest absolute Gasteiger partial charge is 0.304 e. The largest absolute Gasteiger partial charge is 0.508 e. The minimum absolute atomic E-state index is 0.00645. The second-order valence-corrected chi connectivity index (χ2v) is 19.0. The van der Waals surface area contributed by atoms with Crippen molar-refractivity contribution in [1.82, 2.24) is 41.9 Å². The number of nitrogens with two attached hydrogens (primary N) is 2. The van der Waals surface area contributed by atoms with Crippen LogP contribution >= 0.6 is 11.8 Å². The van der Waals surface area contributed by atoms with E-state index in [0.717, 1.165) is 0 Å². The summed E-state index contributed by atoms with van der Waals surface area (Å²) < 4.78 is 0. The number of H-pyrrole nitrogens is 1. The van der Waals surface area contributed by atoms with Crippen LogP contribution in [-0.4, -0.2) is 132 Å². The number of aliphatic carboxylic acids is 2. The van der Waals surface area contributed by atoms with E-state index >= 15 is 0 Å². The van der Waals surface area contributed by atoms with Crippen molar-refractivity contribution >= 4 is 70.2 Å². The predicted molar refractivity (Wildman–Crippen MR) is 263 cm³/mol. The Hall–Kier alpha value is -7.34. The van der Waals surface area contributed by atoms with Crippen LogP contribution in [0, 0.1) is 11.8 Å². The number of aromatic nitrogens is 2. The van der Waals surface area contributed by atoms with E-state index in [4.69, 9.17) is 16.6 Å². The number of imidazole rings is 1. The minimum atomic E-state index is -1.42. The van der Waals surface area contributed by atoms with Crippen LogP contribution in [0.4, 0.5) is 0 Å². The number of carbonyl (C=O) groups excluding carboxylic acids is 8. The normalized spacial score (nSPS) is 14.0. The summed E-state index contributed by atoms with van der Waals surface area (Å²) in [6, 6.07) is 5.21. The quantitative estimate of drug-likeness (QED) is 0.0402. The fraction of sp³-hybridized carbons (Fsp3) is 0.479. The number of nitrogens with zero attached hydrogens (tertiary/aromatic N) is 1. The number of phenolic OH excluding ortho intramolecular Hbond substituents is 1. The number of phenols is 1. The fourth-order valence-corrected chi connectivity index (χ4v) is 7.98. The van der Waals surface area contributed by atoms with Gasteiger partial charge >= 0.3 is 11.9 Å². The third kappa shape index (κ3) is 21.3. The number of aromatic amines is 1. The molecule has 0 radical (unpaired) electrons. The Morgan fingerprint density at radius 2 is 1.14 bits per heavy atom. The van der Waals surface area contributed by atoms with Gasteiger partial charge in [-0.2, -0.15) is 0 Å². The summed E-state index contributed by atoms with van der Waals surface area (Å²) in [6.07, 6.45) is 0.766. The van der Waals surface area contributed by atoms with Gasteiger partial charge in [0, 0.05) is 43.3 Å². The van der Waals surface area contributed by atoms with Gasteiger partial charge in [-0.15, -0.1) is 0 Å². The van der Waals surface area contributed by atoms with E-state index in [-0.39, 0.29) is 68.8 Å². The molecule has 392 valence electrons. The Balaban J connectivity index is 1.88. The molecule has 0 aliphatic carbocycles. The molecule has 0 aliphatic heterocycles. The average Bonchev–Trinajstić information content (AvgIpc) is 3.83. The molecular formula is C48H66N10O13S. The first-order chi connectivity index (χ1) is 34.0. The van der Waals surface area contributed by atoms with Crippen LogP contribution in [0.3, 0.4) is 0 Å². The van der Waals surface area contributed by atoms with E-state index in [1.807, 2.05) is 0 Å². The third-order valence-corrected chi connectivity index (χ3v) is 11.9. The number of hydrogen-bond donors (Lipinski definition) is 12. The van der Waals surface area contributed by atoms with Gasteiger partial charge in [0.2, 0.25) is 46.5 Å². The zero-order chi connectivity index (χ0) is 53.5. The fourth-order valence-electron chi connectivity index (χ4n) is 7.12. The maximum Gasteiger partial charge on any atom is 0.304 e. The summed E-state index contributed by atoms with van der Waals surface area (Å²) >= 11 is 0.623. The summed E-state index contributed by atoms with van der Waals surface area (Å²) in [5.41, 5.74) is 13.2. The second kappa shape index (κ2) is 29.8. The first-order valence-corrected chi connectivity index (χ1v) is 24.3. The minimum Gasteiger partial charge on any atom is -0.508 e. The van der Waals surface area contributed by atoms with Crippen molar-refractivity contribution in [2.24, 2.45) is 23.3 Å². The molecule has 0 bridgehead atoms. The van der Waals surface area contributed by atoms with Gasteiger partial charge in [0.1, 0.15) is 36.0 Å². The first-order valence-electron chi connectivity index (χ1n) is 23.3. The average molecular weight is 1020 g/mol. The molecule has 1 heterocycles. The van der Waals surface area contributed by atoms with Gasteiger partial charge in [-0.25, -0.2) is 4.98 Å². The molecule has 2 aromatic carbocycles. The highest BCUT2D eigenvalue weighted by Crippen LogP contribution is 2.16. The number of carbonyl (C=O) groups is 10. The van der Waals surface area contributed by atoms with Gasteiger partial charge < -0.3 is 63.7 Å². The molecule has 7 atom stereocenters. The number of hydrogen-bond acceptors (Lipinski definition) is 14. The summed E-state index contributed by atoms with van der Waals surface area (Å²) in [5, 5.41) is 43.0. The summed E-state index contributed by atoms with van der Waals surface area (Å²) in [4.78, 5) is 138. The molecule has 0 fully saturated rings. The van der Waals surface area contributed by atoms with Gasteiger partial charge in [0.25, 0.3) is 0 Å². The van der Waals surface area contributed by atoms with Crippen molar-refractivity contribution in [2.45, 2.75) is 128 Å². The van der Waals surface area contributed by atoms with E-state index in [2.05, 4.69) is 41.9 Å². The lowest BCUT2D eigenvalue weighted by molar-refractivity contribution is -0.138. The molecular weight excluding hydrogens is 957 g/mol. The van der Waals surface area contributed by atoms with Gasteiger partial charge in [0.05, 0.1) is 24.8 Å². The topological polar surface area (TPSA) is 384 Å². The van der Waals surface area contributed by atoms with Gasteiger partial charge in [-0.05, 0) is 60.8 Å². The van der Waals surface area contributed by atoms with Gasteiger partial charge in [0.15, 0.2) is 0 Å². The number of primary amides is 1. The number of carboxylic acid groups (broad SMARTS) is 2. The lowest BCUT2D eigenvalue weighted by Crippen LogP contribution is -2.61. The molecule has 0 aliphatic rings. The number of aromatic hydroxyl groups is 1. The van der Waals surface area contributed by atoms with Gasteiger partial charge in [-0.1, -0.05) is 81.9 Å². The van der Waals surface area contributed by atoms with Crippen molar-refractivity contribution in [3.63, 3.8) is 0 Å². The molecule has 24 heteroatoms. The highest BCUT2D eigenvalue weighted by molar-refractivity contribution is 8.13. The maximum atomic E-state index is 14.3. The Morgan fingerprint density at radius 3 is 1.72 bits per heavy atom. The van der Waals surface area contributed by atoms with E-state index < -0.39 is 113 Å². The van der Waals surface area contributed by atoms with E-state index in [1.54, 1.807) is 70.2 Å². The second-order valence-electron chi connectivity index (χ2n) is 17.9. The van der Waals surface area contributed by atoms with Crippen LogP contribution in [0.25, 0.3) is 0 Å². The Bertz CT molecular complexity index is 2320. The van der Waals surface area contributed by atoms with E-state index in [1.165, 1.54) is 24.7 Å². The maximum absolute atomic E-state index is 14.3. The lowest BCUT2D eigenvalue weighted by Gasteiger charge is -2.29. The molecule has 0 saturated heterocycles. The number of thioether (sulfide) groups is 1. The molecule has 1 aromatic heterocycles. The van der Waals surface area contributed by atoms with E-state index in [9.17, 15) is 58.2 Å². The van der Waals surface area contributed by atoms with Crippen LogP contribution in [0.2, 0.25) is 0 Å². The Morgan fingerprint density at radius 1 is 0.611 bits per heavy atom. The number of benzene rings is 2. The molecule has 72 heavy (non-hydrogen) atoms. The van der Waals surface area contributed by atoms with Crippen molar-refractivity contribution in [2.75, 3.05) is 5.75 Å². The molecule has 14 N–H and O–H groups in total. The number of carboxylic acids is 2. The van der Waals surface area contributed by atoms with Crippen LogP contribution in [0.1, 0.15) is 83.0 Å². The highest BCUT2D eigenvalue weighted by Gasteiger charge is 2.35. The molecule has 0 saturated carbocycles. The number of amides is 7. The predicted octanol–water partition coefficient (Wildman–Crippen LogP) is -0.0538. The molecule has 3 aromatic rings. The van der Waals surface area contributed by atoms with Crippen LogP contribution < -0.4 is 43.4 Å². The number of rotatable bonds is 31. The monoisotopic (exact) mass is 1020 g/mol. The first kappa shape index (κ1) is 59.0.